The fourth-order valence-electron chi connectivity index (χ4n) is 2.13. The molecule has 0 aliphatic carbocycles. The third kappa shape index (κ3) is 5.89. The maximum absolute atomic E-state index is 3.54. The van der Waals surface area contributed by atoms with E-state index in [4.69, 9.17) is 0 Å². The molecule has 0 aliphatic heterocycles. The SMILES string of the molecule is CC#CCCCC(CNCCC)c1ccccc1. The molecular weight excluding hydrogens is 218 g/mol. The van der Waals surface area contributed by atoms with Gasteiger partial charge in [0.2, 0.25) is 0 Å². The highest BCUT2D eigenvalue weighted by Gasteiger charge is 2.09. The molecule has 0 aliphatic rings. The molecule has 18 heavy (non-hydrogen) atoms. The molecule has 0 saturated carbocycles. The first-order valence-electron chi connectivity index (χ1n) is 7.03. The minimum atomic E-state index is 0.622. The molecule has 98 valence electrons. The van der Waals surface area contributed by atoms with Crippen LogP contribution in [0.3, 0.4) is 0 Å². The number of benzene rings is 1. The van der Waals surface area contributed by atoms with Gasteiger partial charge in [0.1, 0.15) is 0 Å². The molecule has 1 aromatic rings. The van der Waals surface area contributed by atoms with Gasteiger partial charge in [0.25, 0.3) is 0 Å². The molecule has 1 atom stereocenters. The molecule has 0 bridgehead atoms. The highest BCUT2D eigenvalue weighted by atomic mass is 14.8. The van der Waals surface area contributed by atoms with Gasteiger partial charge >= 0.3 is 0 Å². The Balaban J connectivity index is 2.48. The third-order valence-corrected chi connectivity index (χ3v) is 3.12. The molecule has 0 spiro atoms. The van der Waals surface area contributed by atoms with Crippen molar-refractivity contribution in [2.24, 2.45) is 0 Å². The summed E-state index contributed by atoms with van der Waals surface area (Å²) in [6, 6.07) is 10.8. The van der Waals surface area contributed by atoms with Crippen molar-refractivity contribution < 1.29 is 0 Å². The lowest BCUT2D eigenvalue weighted by atomic mass is 9.93. The van der Waals surface area contributed by atoms with Crippen molar-refractivity contribution in [1.82, 2.24) is 5.32 Å². The first-order valence-corrected chi connectivity index (χ1v) is 7.03. The summed E-state index contributed by atoms with van der Waals surface area (Å²) in [4.78, 5) is 0. The molecular formula is C17H25N. The highest BCUT2D eigenvalue weighted by Crippen LogP contribution is 2.21. The molecule has 1 heteroatoms. The largest absolute Gasteiger partial charge is 0.316 e. The molecule has 0 saturated heterocycles. The van der Waals surface area contributed by atoms with Crippen LogP contribution in [0, 0.1) is 11.8 Å². The van der Waals surface area contributed by atoms with Crippen molar-refractivity contribution in [2.45, 2.75) is 45.4 Å². The fraction of sp³-hybridized carbons (Fsp3) is 0.529. The van der Waals surface area contributed by atoms with E-state index in [1.807, 2.05) is 6.92 Å². The second-order valence-corrected chi connectivity index (χ2v) is 4.63. The van der Waals surface area contributed by atoms with E-state index < -0.39 is 0 Å². The van der Waals surface area contributed by atoms with Crippen LogP contribution in [0.4, 0.5) is 0 Å². The van der Waals surface area contributed by atoms with Gasteiger partial charge in [-0.05, 0) is 44.2 Å². The Bertz CT molecular complexity index is 358. The molecule has 1 N–H and O–H groups in total. The lowest BCUT2D eigenvalue weighted by Crippen LogP contribution is -2.22. The van der Waals surface area contributed by atoms with E-state index in [1.165, 1.54) is 24.8 Å². The van der Waals surface area contributed by atoms with E-state index in [1.54, 1.807) is 0 Å². The summed E-state index contributed by atoms with van der Waals surface area (Å²) in [7, 11) is 0. The molecule has 0 amide bonds. The Morgan fingerprint density at radius 2 is 2.00 bits per heavy atom. The monoisotopic (exact) mass is 243 g/mol. The van der Waals surface area contributed by atoms with Crippen LogP contribution >= 0.6 is 0 Å². The molecule has 1 unspecified atom stereocenters. The lowest BCUT2D eigenvalue weighted by Gasteiger charge is -2.17. The Hall–Kier alpha value is -1.26. The molecule has 1 aromatic carbocycles. The minimum Gasteiger partial charge on any atom is -0.316 e. The van der Waals surface area contributed by atoms with Crippen molar-refractivity contribution >= 4 is 0 Å². The van der Waals surface area contributed by atoms with E-state index >= 15 is 0 Å². The quantitative estimate of drug-likeness (QED) is 0.538. The van der Waals surface area contributed by atoms with Gasteiger partial charge in [-0.3, -0.25) is 0 Å². The molecule has 0 aromatic heterocycles. The standard InChI is InChI=1S/C17H25N/c1-3-5-6-8-13-17(15-18-14-4-2)16-11-9-7-10-12-16/h7,9-12,17-18H,4,6,8,13-15H2,1-2H3. The smallest absolute Gasteiger partial charge is 0.00888 e. The first-order chi connectivity index (χ1) is 8.88. The topological polar surface area (TPSA) is 12.0 Å². The summed E-state index contributed by atoms with van der Waals surface area (Å²) in [6.45, 7) is 6.31. The summed E-state index contributed by atoms with van der Waals surface area (Å²) in [5.41, 5.74) is 1.45. The van der Waals surface area contributed by atoms with Crippen molar-refractivity contribution in [3.05, 3.63) is 35.9 Å². The maximum Gasteiger partial charge on any atom is 0.00888 e. The fourth-order valence-corrected chi connectivity index (χ4v) is 2.13. The number of nitrogens with one attached hydrogen (secondary N) is 1. The van der Waals surface area contributed by atoms with Gasteiger partial charge in [0.15, 0.2) is 0 Å². The predicted octanol–water partition coefficient (Wildman–Crippen LogP) is 3.96. The average molecular weight is 243 g/mol. The number of unbranched alkanes of at least 4 members (excludes halogenated alkanes) is 1. The number of hydrogen-bond acceptors (Lipinski definition) is 1. The minimum absolute atomic E-state index is 0.622. The molecule has 0 heterocycles. The van der Waals surface area contributed by atoms with E-state index in [0.717, 1.165) is 19.5 Å². The zero-order chi connectivity index (χ0) is 13.1. The van der Waals surface area contributed by atoms with Crippen molar-refractivity contribution in [3.63, 3.8) is 0 Å². The zero-order valence-corrected chi connectivity index (χ0v) is 11.7. The average Bonchev–Trinajstić information content (AvgIpc) is 2.42. The van der Waals surface area contributed by atoms with Crippen LogP contribution < -0.4 is 5.32 Å². The Morgan fingerprint density at radius 1 is 1.22 bits per heavy atom. The molecule has 0 radical (unpaired) electrons. The van der Waals surface area contributed by atoms with E-state index in [2.05, 4.69) is 54.4 Å². The zero-order valence-electron chi connectivity index (χ0n) is 11.7. The van der Waals surface area contributed by atoms with Crippen LogP contribution in [0.25, 0.3) is 0 Å². The molecule has 1 nitrogen and oxygen atoms in total. The maximum atomic E-state index is 3.54. The van der Waals surface area contributed by atoms with Gasteiger partial charge in [0, 0.05) is 13.0 Å². The van der Waals surface area contributed by atoms with Gasteiger partial charge in [-0.2, -0.15) is 0 Å². The first kappa shape index (κ1) is 14.8. The normalized spacial score (nSPS) is 11.7. The summed E-state index contributed by atoms with van der Waals surface area (Å²) in [5.74, 6) is 6.74. The van der Waals surface area contributed by atoms with Gasteiger partial charge in [-0.15, -0.1) is 11.8 Å². The van der Waals surface area contributed by atoms with E-state index in [0.29, 0.717) is 5.92 Å². The van der Waals surface area contributed by atoms with Crippen molar-refractivity contribution in [1.29, 1.82) is 0 Å². The van der Waals surface area contributed by atoms with Crippen LogP contribution in [-0.2, 0) is 0 Å². The Morgan fingerprint density at radius 3 is 2.67 bits per heavy atom. The van der Waals surface area contributed by atoms with Crippen LogP contribution in [0.5, 0.6) is 0 Å². The molecule has 1 rings (SSSR count). The highest BCUT2D eigenvalue weighted by molar-refractivity contribution is 5.19. The number of rotatable bonds is 8. The Kier molecular flexibility index (Phi) is 8.01. The third-order valence-electron chi connectivity index (χ3n) is 3.12. The van der Waals surface area contributed by atoms with Gasteiger partial charge in [-0.25, -0.2) is 0 Å². The summed E-state index contributed by atoms with van der Waals surface area (Å²) >= 11 is 0. The van der Waals surface area contributed by atoms with Crippen LogP contribution in [0.2, 0.25) is 0 Å². The summed E-state index contributed by atoms with van der Waals surface area (Å²) < 4.78 is 0. The second kappa shape index (κ2) is 9.74. The van der Waals surface area contributed by atoms with Gasteiger partial charge in [-0.1, -0.05) is 37.3 Å². The van der Waals surface area contributed by atoms with Crippen molar-refractivity contribution in [3.8, 4) is 11.8 Å². The van der Waals surface area contributed by atoms with Gasteiger partial charge < -0.3 is 5.32 Å². The molecule has 0 fully saturated rings. The number of hydrogen-bond donors (Lipinski definition) is 1. The second-order valence-electron chi connectivity index (χ2n) is 4.63. The lowest BCUT2D eigenvalue weighted by molar-refractivity contribution is 0.536. The van der Waals surface area contributed by atoms with Crippen LogP contribution in [0.1, 0.15) is 51.0 Å². The van der Waals surface area contributed by atoms with E-state index in [-0.39, 0.29) is 0 Å². The van der Waals surface area contributed by atoms with Gasteiger partial charge in [0.05, 0.1) is 0 Å². The van der Waals surface area contributed by atoms with Crippen LogP contribution in [0.15, 0.2) is 30.3 Å². The van der Waals surface area contributed by atoms with Crippen molar-refractivity contribution in [2.75, 3.05) is 13.1 Å². The summed E-state index contributed by atoms with van der Waals surface area (Å²) in [6.07, 6.45) is 4.63. The Labute approximate surface area is 112 Å². The van der Waals surface area contributed by atoms with E-state index in [9.17, 15) is 0 Å². The summed E-state index contributed by atoms with van der Waals surface area (Å²) in [5, 5.41) is 3.54. The van der Waals surface area contributed by atoms with Crippen LogP contribution in [-0.4, -0.2) is 13.1 Å². The predicted molar refractivity (Wildman–Crippen MR) is 79.6 cm³/mol.